The minimum Gasteiger partial charge on any atom is -0.465 e. The molecule has 0 fully saturated rings. The first kappa shape index (κ1) is 20.4. The van der Waals surface area contributed by atoms with E-state index in [9.17, 15) is 14.4 Å². The number of nitrogens with zero attached hydrogens (tertiary/aromatic N) is 1. The molecule has 2 rings (SSSR count). The molecule has 0 saturated heterocycles. The highest BCUT2D eigenvalue weighted by molar-refractivity contribution is 9.10. The number of esters is 1. The largest absolute Gasteiger partial charge is 0.465 e. The first-order chi connectivity index (χ1) is 13.0. The minimum atomic E-state index is -0.907. The SMILES string of the molecule is CCOC(=O)CNC(=O)C(Cc1cnc[nH]1)NC(=O)Nc1ccc(Br)cc1. The van der Waals surface area contributed by atoms with E-state index >= 15 is 0 Å². The normalized spacial score (nSPS) is 11.3. The van der Waals surface area contributed by atoms with Gasteiger partial charge in [-0.2, -0.15) is 0 Å². The number of carbonyl (C=O) groups excluding carboxylic acids is 3. The number of hydrogen-bond donors (Lipinski definition) is 4. The van der Waals surface area contributed by atoms with Gasteiger partial charge in [-0.1, -0.05) is 15.9 Å². The number of hydrogen-bond acceptors (Lipinski definition) is 5. The number of imidazole rings is 1. The Hall–Kier alpha value is -2.88. The number of aromatic amines is 1. The number of carbonyl (C=O) groups is 3. The smallest absolute Gasteiger partial charge is 0.325 e. The van der Waals surface area contributed by atoms with E-state index in [1.165, 1.54) is 6.33 Å². The molecular formula is C17H20BrN5O4. The van der Waals surface area contributed by atoms with Crippen LogP contribution in [0.4, 0.5) is 10.5 Å². The fourth-order valence-electron chi connectivity index (χ4n) is 2.18. The van der Waals surface area contributed by atoms with Gasteiger partial charge in [-0.25, -0.2) is 9.78 Å². The molecule has 4 N–H and O–H groups in total. The molecule has 1 aromatic carbocycles. The highest BCUT2D eigenvalue weighted by Gasteiger charge is 2.22. The number of nitrogens with one attached hydrogen (secondary N) is 4. The maximum absolute atomic E-state index is 12.4. The molecule has 3 amide bonds. The van der Waals surface area contributed by atoms with Crippen LogP contribution in [0.25, 0.3) is 0 Å². The van der Waals surface area contributed by atoms with E-state index < -0.39 is 23.9 Å². The van der Waals surface area contributed by atoms with Gasteiger partial charge in [0.1, 0.15) is 12.6 Å². The van der Waals surface area contributed by atoms with Gasteiger partial charge in [0, 0.05) is 28.5 Å². The summed E-state index contributed by atoms with van der Waals surface area (Å²) in [6, 6.07) is 5.54. The predicted molar refractivity (Wildman–Crippen MR) is 102 cm³/mol. The van der Waals surface area contributed by atoms with E-state index in [2.05, 4.69) is 41.8 Å². The molecule has 0 aliphatic heterocycles. The Balaban J connectivity index is 1.98. The molecule has 0 spiro atoms. The number of aromatic nitrogens is 2. The third-order valence-electron chi connectivity index (χ3n) is 3.42. The molecule has 1 aromatic heterocycles. The lowest BCUT2D eigenvalue weighted by Crippen LogP contribution is -2.50. The first-order valence-corrected chi connectivity index (χ1v) is 9.01. The zero-order valence-electron chi connectivity index (χ0n) is 14.6. The Bertz CT molecular complexity index is 764. The summed E-state index contributed by atoms with van der Waals surface area (Å²) >= 11 is 3.32. The first-order valence-electron chi connectivity index (χ1n) is 8.21. The average Bonchev–Trinajstić information content (AvgIpc) is 3.14. The van der Waals surface area contributed by atoms with E-state index in [1.54, 1.807) is 37.4 Å². The van der Waals surface area contributed by atoms with Gasteiger partial charge in [-0.05, 0) is 31.2 Å². The van der Waals surface area contributed by atoms with Crippen molar-refractivity contribution in [1.82, 2.24) is 20.6 Å². The topological polar surface area (TPSA) is 125 Å². The summed E-state index contributed by atoms with van der Waals surface area (Å²) in [7, 11) is 0. The number of benzene rings is 1. The second kappa shape index (κ2) is 10.3. The monoisotopic (exact) mass is 437 g/mol. The molecule has 27 heavy (non-hydrogen) atoms. The molecule has 1 atom stereocenters. The molecule has 0 radical (unpaired) electrons. The number of urea groups is 1. The summed E-state index contributed by atoms with van der Waals surface area (Å²) in [5.74, 6) is -1.06. The second-order valence-corrected chi connectivity index (χ2v) is 6.38. The third kappa shape index (κ3) is 7.10. The van der Waals surface area contributed by atoms with Gasteiger partial charge in [-0.3, -0.25) is 9.59 Å². The van der Waals surface area contributed by atoms with Gasteiger partial charge >= 0.3 is 12.0 Å². The summed E-state index contributed by atoms with van der Waals surface area (Å²) in [5.41, 5.74) is 1.23. The van der Waals surface area contributed by atoms with Crippen LogP contribution in [0.3, 0.4) is 0 Å². The predicted octanol–water partition coefficient (Wildman–Crippen LogP) is 1.58. The molecule has 10 heteroatoms. The van der Waals surface area contributed by atoms with Gasteiger partial charge in [0.25, 0.3) is 0 Å². The molecular weight excluding hydrogens is 418 g/mol. The van der Waals surface area contributed by atoms with E-state index in [0.29, 0.717) is 11.4 Å². The molecule has 1 heterocycles. The van der Waals surface area contributed by atoms with Crippen LogP contribution in [0.2, 0.25) is 0 Å². The number of amides is 3. The van der Waals surface area contributed by atoms with Gasteiger partial charge < -0.3 is 25.7 Å². The second-order valence-electron chi connectivity index (χ2n) is 5.46. The van der Waals surface area contributed by atoms with Crippen LogP contribution in [-0.2, 0) is 20.7 Å². The van der Waals surface area contributed by atoms with Gasteiger partial charge in [0.15, 0.2) is 0 Å². The van der Waals surface area contributed by atoms with Gasteiger partial charge in [-0.15, -0.1) is 0 Å². The van der Waals surface area contributed by atoms with E-state index in [4.69, 9.17) is 4.74 Å². The summed E-state index contributed by atoms with van der Waals surface area (Å²) in [6.07, 6.45) is 3.22. The van der Waals surface area contributed by atoms with Crippen LogP contribution >= 0.6 is 15.9 Å². The Morgan fingerprint density at radius 3 is 2.63 bits per heavy atom. The Morgan fingerprint density at radius 1 is 1.26 bits per heavy atom. The fraction of sp³-hybridized carbons (Fsp3) is 0.294. The lowest BCUT2D eigenvalue weighted by atomic mass is 10.1. The molecule has 0 bridgehead atoms. The van der Waals surface area contributed by atoms with Crippen LogP contribution in [0.15, 0.2) is 41.3 Å². The molecule has 0 aliphatic rings. The molecule has 0 saturated carbocycles. The van der Waals surface area contributed by atoms with Crippen molar-refractivity contribution in [2.75, 3.05) is 18.5 Å². The molecule has 144 valence electrons. The van der Waals surface area contributed by atoms with E-state index in [0.717, 1.165) is 4.47 Å². The quantitative estimate of drug-likeness (QED) is 0.466. The highest BCUT2D eigenvalue weighted by Crippen LogP contribution is 2.14. The van der Waals surface area contributed by atoms with Crippen LogP contribution in [0.5, 0.6) is 0 Å². The molecule has 2 aromatic rings. The van der Waals surface area contributed by atoms with Crippen molar-refractivity contribution < 1.29 is 19.1 Å². The number of anilines is 1. The van der Waals surface area contributed by atoms with Crippen molar-refractivity contribution in [1.29, 1.82) is 0 Å². The Labute approximate surface area is 164 Å². The van der Waals surface area contributed by atoms with Crippen LogP contribution in [0, 0.1) is 0 Å². The number of H-pyrrole nitrogens is 1. The summed E-state index contributed by atoms with van der Waals surface area (Å²) in [6.45, 7) is 1.62. The lowest BCUT2D eigenvalue weighted by molar-refractivity contribution is -0.143. The summed E-state index contributed by atoms with van der Waals surface area (Å²) < 4.78 is 5.65. The standard InChI is InChI=1S/C17H20BrN5O4/c1-2-27-15(24)9-20-16(25)14(7-13-8-19-10-21-13)23-17(26)22-12-5-3-11(18)4-6-12/h3-6,8,10,14H,2,7,9H2,1H3,(H,19,21)(H,20,25)(H2,22,23,26). The molecule has 0 aliphatic carbocycles. The minimum absolute atomic E-state index is 0.183. The van der Waals surface area contributed by atoms with Gasteiger partial charge in [0.2, 0.25) is 5.91 Å². The van der Waals surface area contributed by atoms with E-state index in [-0.39, 0.29) is 19.6 Å². The van der Waals surface area contributed by atoms with Crippen molar-refractivity contribution in [3.63, 3.8) is 0 Å². The summed E-state index contributed by atoms with van der Waals surface area (Å²) in [4.78, 5) is 42.9. The highest BCUT2D eigenvalue weighted by atomic mass is 79.9. The fourth-order valence-corrected chi connectivity index (χ4v) is 2.44. The van der Waals surface area contributed by atoms with Crippen LogP contribution in [-0.4, -0.2) is 47.1 Å². The number of rotatable bonds is 8. The Morgan fingerprint density at radius 2 is 2.00 bits per heavy atom. The van der Waals surface area contributed by atoms with E-state index in [1.807, 2.05) is 0 Å². The van der Waals surface area contributed by atoms with Crippen LogP contribution < -0.4 is 16.0 Å². The van der Waals surface area contributed by atoms with Crippen molar-refractivity contribution >= 4 is 39.5 Å². The maximum atomic E-state index is 12.4. The molecule has 9 nitrogen and oxygen atoms in total. The zero-order chi connectivity index (χ0) is 19.6. The van der Waals surface area contributed by atoms with Crippen molar-refractivity contribution in [2.45, 2.75) is 19.4 Å². The van der Waals surface area contributed by atoms with Crippen molar-refractivity contribution in [2.24, 2.45) is 0 Å². The summed E-state index contributed by atoms with van der Waals surface area (Å²) in [5, 5.41) is 7.71. The zero-order valence-corrected chi connectivity index (χ0v) is 16.2. The average molecular weight is 438 g/mol. The number of ether oxygens (including phenoxy) is 1. The molecule has 1 unspecified atom stereocenters. The van der Waals surface area contributed by atoms with Crippen molar-refractivity contribution in [3.05, 3.63) is 47.0 Å². The third-order valence-corrected chi connectivity index (χ3v) is 3.94. The Kier molecular flexibility index (Phi) is 7.80. The lowest BCUT2D eigenvalue weighted by Gasteiger charge is -2.18. The maximum Gasteiger partial charge on any atom is 0.325 e. The van der Waals surface area contributed by atoms with Crippen molar-refractivity contribution in [3.8, 4) is 0 Å². The van der Waals surface area contributed by atoms with Gasteiger partial charge in [0.05, 0.1) is 12.9 Å². The number of halogens is 1. The van der Waals surface area contributed by atoms with Crippen LogP contribution in [0.1, 0.15) is 12.6 Å².